The van der Waals surface area contributed by atoms with Gasteiger partial charge in [-0.3, -0.25) is 25.4 Å². The highest BCUT2D eigenvalue weighted by Gasteiger charge is 2.09. The highest BCUT2D eigenvalue weighted by atomic mass is 32.2. The summed E-state index contributed by atoms with van der Waals surface area (Å²) in [5.74, 6) is -0.0841. The van der Waals surface area contributed by atoms with E-state index in [1.807, 2.05) is 47.1 Å². The number of pyridine rings is 2. The molecular weight excluding hydrogens is 386 g/mol. The third-order valence-electron chi connectivity index (χ3n) is 4.13. The molecule has 0 radical (unpaired) electrons. The number of nitrogens with one attached hydrogen (secondary N) is 2. The maximum atomic E-state index is 12.2. The zero-order valence-electron chi connectivity index (χ0n) is 15.3. The van der Waals surface area contributed by atoms with Crippen LogP contribution in [0.5, 0.6) is 0 Å². The van der Waals surface area contributed by atoms with Gasteiger partial charge in [-0.25, -0.2) is 4.98 Å². The standard InChI is InChI=1S/C21H17N5O2S/c27-20(24-25-21(28)16-4-3-10-22-12-16)15-6-8-18(9-7-15)29-14-17-13-26-11-2-1-5-19(26)23-17/h1-13H,14H2,(H,24,27)(H,25,28). The number of hydrazine groups is 1. The molecule has 0 atom stereocenters. The molecule has 3 aromatic heterocycles. The number of hydrogen-bond acceptors (Lipinski definition) is 5. The first-order valence-corrected chi connectivity index (χ1v) is 9.84. The number of aromatic nitrogens is 3. The first kappa shape index (κ1) is 18.7. The number of amides is 2. The lowest BCUT2D eigenvalue weighted by molar-refractivity contribution is 0.0846. The summed E-state index contributed by atoms with van der Waals surface area (Å²) < 4.78 is 1.99. The van der Waals surface area contributed by atoms with Crippen molar-refractivity contribution < 1.29 is 9.59 Å². The van der Waals surface area contributed by atoms with Gasteiger partial charge < -0.3 is 4.40 Å². The van der Waals surface area contributed by atoms with Gasteiger partial charge in [0, 0.05) is 41.0 Å². The number of benzene rings is 1. The highest BCUT2D eigenvalue weighted by Crippen LogP contribution is 2.23. The lowest BCUT2D eigenvalue weighted by Crippen LogP contribution is -2.41. The molecule has 0 fully saturated rings. The molecule has 7 nitrogen and oxygen atoms in total. The van der Waals surface area contributed by atoms with Gasteiger partial charge in [0.1, 0.15) is 5.65 Å². The fourth-order valence-electron chi connectivity index (χ4n) is 2.67. The molecule has 0 bridgehead atoms. The molecule has 0 saturated heterocycles. The van der Waals surface area contributed by atoms with Gasteiger partial charge in [-0.15, -0.1) is 11.8 Å². The van der Waals surface area contributed by atoms with Crippen LogP contribution >= 0.6 is 11.8 Å². The molecule has 2 amide bonds. The van der Waals surface area contributed by atoms with Crippen LogP contribution in [0.15, 0.2) is 84.3 Å². The third kappa shape index (κ3) is 4.61. The Kier molecular flexibility index (Phi) is 5.53. The van der Waals surface area contributed by atoms with Crippen LogP contribution in [0, 0.1) is 0 Å². The fraction of sp³-hybridized carbons (Fsp3) is 0.0476. The predicted molar refractivity (Wildman–Crippen MR) is 110 cm³/mol. The molecule has 29 heavy (non-hydrogen) atoms. The minimum Gasteiger partial charge on any atom is -0.307 e. The molecule has 4 aromatic rings. The number of nitrogens with zero attached hydrogens (tertiary/aromatic N) is 3. The van der Waals surface area contributed by atoms with E-state index >= 15 is 0 Å². The number of rotatable bonds is 5. The van der Waals surface area contributed by atoms with Crippen molar-refractivity contribution >= 4 is 29.2 Å². The van der Waals surface area contributed by atoms with Crippen molar-refractivity contribution in [3.8, 4) is 0 Å². The second-order valence-electron chi connectivity index (χ2n) is 6.16. The van der Waals surface area contributed by atoms with E-state index in [0.29, 0.717) is 11.1 Å². The fourth-order valence-corrected chi connectivity index (χ4v) is 3.45. The second-order valence-corrected chi connectivity index (χ2v) is 7.21. The van der Waals surface area contributed by atoms with Crippen LogP contribution in [0.3, 0.4) is 0 Å². The number of imidazole rings is 1. The topological polar surface area (TPSA) is 88.4 Å². The zero-order chi connectivity index (χ0) is 20.1. The van der Waals surface area contributed by atoms with E-state index in [2.05, 4.69) is 20.8 Å². The van der Waals surface area contributed by atoms with Crippen molar-refractivity contribution in [1.29, 1.82) is 0 Å². The molecule has 4 rings (SSSR count). The minimum absolute atomic E-state index is 0.367. The number of fused-ring (bicyclic) bond motifs is 1. The summed E-state index contributed by atoms with van der Waals surface area (Å²) in [6.07, 6.45) is 6.98. The number of thioether (sulfide) groups is 1. The smallest absolute Gasteiger partial charge is 0.271 e. The highest BCUT2D eigenvalue weighted by molar-refractivity contribution is 7.98. The predicted octanol–water partition coefficient (Wildman–Crippen LogP) is 3.10. The molecular formula is C21H17N5O2S. The molecule has 2 N–H and O–H groups in total. The molecule has 0 aliphatic rings. The van der Waals surface area contributed by atoms with Gasteiger partial charge in [0.05, 0.1) is 11.3 Å². The molecule has 0 aliphatic heterocycles. The average Bonchev–Trinajstić information content (AvgIpc) is 3.20. The van der Waals surface area contributed by atoms with Gasteiger partial charge in [0.2, 0.25) is 0 Å². The SMILES string of the molecule is O=C(NNC(=O)c1cccnc1)c1ccc(SCc2cn3ccccc3n2)cc1. The lowest BCUT2D eigenvalue weighted by atomic mass is 10.2. The Labute approximate surface area is 171 Å². The molecule has 0 spiro atoms. The molecule has 0 unspecified atom stereocenters. The Bertz CT molecular complexity index is 1110. The minimum atomic E-state index is -0.425. The molecule has 144 valence electrons. The Morgan fingerprint density at radius 3 is 2.45 bits per heavy atom. The van der Waals surface area contributed by atoms with Crippen molar-refractivity contribution in [2.75, 3.05) is 0 Å². The number of carbonyl (C=O) groups is 2. The summed E-state index contributed by atoms with van der Waals surface area (Å²) in [6, 6.07) is 16.3. The first-order chi connectivity index (χ1) is 14.2. The van der Waals surface area contributed by atoms with Crippen molar-refractivity contribution in [3.63, 3.8) is 0 Å². The summed E-state index contributed by atoms with van der Waals surface area (Å²) in [7, 11) is 0. The van der Waals surface area contributed by atoms with E-state index in [1.54, 1.807) is 42.2 Å². The van der Waals surface area contributed by atoms with Gasteiger partial charge in [-0.05, 0) is 48.5 Å². The maximum Gasteiger partial charge on any atom is 0.271 e. The number of carbonyl (C=O) groups excluding carboxylic acids is 2. The largest absolute Gasteiger partial charge is 0.307 e. The Hall–Kier alpha value is -3.65. The third-order valence-corrected chi connectivity index (χ3v) is 5.18. The van der Waals surface area contributed by atoms with Gasteiger partial charge in [-0.2, -0.15) is 0 Å². The maximum absolute atomic E-state index is 12.2. The summed E-state index contributed by atoms with van der Waals surface area (Å²) in [5.41, 5.74) is 7.51. The normalized spacial score (nSPS) is 10.6. The lowest BCUT2D eigenvalue weighted by Gasteiger charge is -2.07. The molecule has 8 heteroatoms. The Morgan fingerprint density at radius 2 is 1.72 bits per heavy atom. The van der Waals surface area contributed by atoms with E-state index in [9.17, 15) is 9.59 Å². The van der Waals surface area contributed by atoms with Gasteiger partial charge in [0.15, 0.2) is 0 Å². The van der Waals surface area contributed by atoms with Crippen LogP contribution in [0.2, 0.25) is 0 Å². The van der Waals surface area contributed by atoms with Crippen LogP contribution in [0.4, 0.5) is 0 Å². The van der Waals surface area contributed by atoms with Crippen molar-refractivity contribution in [1.82, 2.24) is 25.2 Å². The van der Waals surface area contributed by atoms with Crippen molar-refractivity contribution in [2.24, 2.45) is 0 Å². The Morgan fingerprint density at radius 1 is 0.931 bits per heavy atom. The summed E-state index contributed by atoms with van der Waals surface area (Å²) >= 11 is 1.64. The van der Waals surface area contributed by atoms with Gasteiger partial charge >= 0.3 is 0 Å². The Balaban J connectivity index is 1.31. The molecule has 3 heterocycles. The van der Waals surface area contributed by atoms with Crippen LogP contribution in [-0.4, -0.2) is 26.2 Å². The van der Waals surface area contributed by atoms with E-state index in [4.69, 9.17) is 0 Å². The molecule has 0 aliphatic carbocycles. The molecule has 0 saturated carbocycles. The van der Waals surface area contributed by atoms with E-state index < -0.39 is 5.91 Å². The van der Waals surface area contributed by atoms with E-state index in [0.717, 1.165) is 22.0 Å². The molecule has 1 aromatic carbocycles. The summed E-state index contributed by atoms with van der Waals surface area (Å²) in [5, 5.41) is 0. The first-order valence-electron chi connectivity index (χ1n) is 8.85. The van der Waals surface area contributed by atoms with Crippen LogP contribution in [-0.2, 0) is 5.75 Å². The summed E-state index contributed by atoms with van der Waals surface area (Å²) in [4.78, 5) is 33.6. The second kappa shape index (κ2) is 8.57. The van der Waals surface area contributed by atoms with Crippen LogP contribution in [0.1, 0.15) is 26.4 Å². The van der Waals surface area contributed by atoms with Crippen molar-refractivity contribution in [3.05, 3.63) is 96.2 Å². The van der Waals surface area contributed by atoms with Crippen molar-refractivity contribution in [2.45, 2.75) is 10.6 Å². The average molecular weight is 403 g/mol. The van der Waals surface area contributed by atoms with Crippen LogP contribution in [0.25, 0.3) is 5.65 Å². The zero-order valence-corrected chi connectivity index (χ0v) is 16.1. The van der Waals surface area contributed by atoms with E-state index in [-0.39, 0.29) is 5.91 Å². The summed E-state index contributed by atoms with van der Waals surface area (Å²) in [6.45, 7) is 0. The van der Waals surface area contributed by atoms with Gasteiger partial charge in [0.25, 0.3) is 11.8 Å². The van der Waals surface area contributed by atoms with Crippen LogP contribution < -0.4 is 10.9 Å². The van der Waals surface area contributed by atoms with Gasteiger partial charge in [-0.1, -0.05) is 6.07 Å². The monoisotopic (exact) mass is 403 g/mol. The number of hydrogen-bond donors (Lipinski definition) is 2. The van der Waals surface area contributed by atoms with E-state index in [1.165, 1.54) is 6.20 Å². The quantitative estimate of drug-likeness (QED) is 0.395.